The molecule has 0 aliphatic rings. The van der Waals surface area contributed by atoms with Gasteiger partial charge in [0.15, 0.2) is 0 Å². The first-order valence-electron chi connectivity index (χ1n) is 1.79. The van der Waals surface area contributed by atoms with Crippen molar-refractivity contribution in [3.8, 4) is 0 Å². The molecule has 0 amide bonds. The van der Waals surface area contributed by atoms with Gasteiger partial charge in [0.1, 0.15) is 0 Å². The van der Waals surface area contributed by atoms with E-state index in [9.17, 15) is 0 Å². The predicted molar refractivity (Wildman–Crippen MR) is 29.3 cm³/mol. The minimum atomic E-state index is -4.61. The van der Waals surface area contributed by atoms with Gasteiger partial charge in [-0.3, -0.25) is 0 Å². The third-order valence-corrected chi connectivity index (χ3v) is 0. The van der Waals surface area contributed by atoms with E-state index in [0.29, 0.717) is 0 Å². The van der Waals surface area contributed by atoms with Gasteiger partial charge in [-0.25, -0.2) is 0 Å². The first-order valence-corrected chi connectivity index (χ1v) is 5.37. The molecule has 0 aromatic heterocycles. The molecule has 0 saturated heterocycles. The third kappa shape index (κ3) is 1020. The minimum Gasteiger partial charge on any atom is -1.00 e. The summed E-state index contributed by atoms with van der Waals surface area (Å²) in [6.45, 7) is 0. The quantitative estimate of drug-likeness (QED) is 0.192. The Hall–Kier alpha value is 1.04. The summed E-state index contributed by atoms with van der Waals surface area (Å²) in [5, 5.41) is 0. The van der Waals surface area contributed by atoms with Crippen molar-refractivity contribution in [2.45, 2.75) is 0 Å². The Kier molecular flexibility index (Phi) is 16.6. The molecule has 0 heterocycles. The van der Waals surface area contributed by atoms with Crippen molar-refractivity contribution in [3.05, 3.63) is 0 Å². The zero-order valence-corrected chi connectivity index (χ0v) is 9.96. The molecule has 0 fully saturated rings. The molecule has 0 aliphatic carbocycles. The molecule has 8 N–H and O–H groups in total. The maximum absolute atomic E-state index is 7.33. The molecule has 0 aromatic rings. The molecule has 12 heteroatoms. The fourth-order valence-electron chi connectivity index (χ4n) is 0. The fourth-order valence-corrected chi connectivity index (χ4v) is 0. The van der Waals surface area contributed by atoms with Crippen LogP contribution in [0.4, 0.5) is 0 Å². The summed E-state index contributed by atoms with van der Waals surface area (Å²) in [4.78, 5) is 58.6. The summed E-state index contributed by atoms with van der Waals surface area (Å²) < 4.78 is 0. The van der Waals surface area contributed by atoms with E-state index in [4.69, 9.17) is 38.4 Å². The van der Waals surface area contributed by atoms with Crippen LogP contribution in [0.2, 0.25) is 0 Å². The molecule has 0 saturated carbocycles. The number of rotatable bonds is 0. The van der Waals surface area contributed by atoms with Crippen LogP contribution in [0.3, 0.4) is 0 Å². The van der Waals surface area contributed by atoms with E-state index in [0.717, 1.165) is 0 Å². The second kappa shape index (κ2) is 8.63. The van der Waals surface area contributed by atoms with Gasteiger partial charge in [-0.15, -0.1) is 0 Å². The summed E-state index contributed by atoms with van der Waals surface area (Å²) in [5.41, 5.74) is 0. The molecule has 12 heavy (non-hydrogen) atoms. The largest absolute Gasteiger partial charge is 1.00 e. The summed E-state index contributed by atoms with van der Waals surface area (Å²) in [7, 11) is -9.22. The Balaban J connectivity index is -0.0000000457. The van der Waals surface area contributed by atoms with Gasteiger partial charge < -0.3 is 43.1 Å². The molecule has 8 nitrogen and oxygen atoms in total. The number of halogens is 1. The standard InChI is InChI=1S/FH.Na.2H4O4Si/c;;2*1-5(2,3)4/h1H;;2*1-4H/q;+1;;/p-1. The third-order valence-electron chi connectivity index (χ3n) is 0. The monoisotopic (exact) mass is 234 g/mol. The van der Waals surface area contributed by atoms with Crippen LogP contribution in [0.15, 0.2) is 0 Å². The first kappa shape index (κ1) is 23.1. The molecule has 72 valence electrons. The maximum Gasteiger partial charge on any atom is 1.00 e. The van der Waals surface area contributed by atoms with E-state index in [2.05, 4.69) is 0 Å². The summed E-state index contributed by atoms with van der Waals surface area (Å²) >= 11 is 0. The van der Waals surface area contributed by atoms with Crippen molar-refractivity contribution in [1.29, 1.82) is 0 Å². The van der Waals surface area contributed by atoms with Crippen LogP contribution in [0.5, 0.6) is 0 Å². The first-order chi connectivity index (χ1) is 4.00. The minimum absolute atomic E-state index is 0. The van der Waals surface area contributed by atoms with Crippen molar-refractivity contribution < 1.29 is 72.6 Å². The van der Waals surface area contributed by atoms with Crippen LogP contribution in [0, 0.1) is 0 Å². The Morgan fingerprint density at radius 1 is 0.500 bits per heavy atom. The van der Waals surface area contributed by atoms with E-state index in [1.165, 1.54) is 0 Å². The fraction of sp³-hybridized carbons (Fsp3) is 0. The van der Waals surface area contributed by atoms with Crippen LogP contribution in [0.1, 0.15) is 0 Å². The van der Waals surface area contributed by atoms with Gasteiger partial charge in [-0.2, -0.15) is 0 Å². The number of hydrogen-bond donors (Lipinski definition) is 8. The van der Waals surface area contributed by atoms with Gasteiger partial charge in [0.25, 0.3) is 0 Å². The molecule has 0 rings (SSSR count). The second-order valence-electron chi connectivity index (χ2n) is 1.20. The van der Waals surface area contributed by atoms with Crippen molar-refractivity contribution in [2.24, 2.45) is 0 Å². The Labute approximate surface area is 90.6 Å². The predicted octanol–water partition coefficient (Wildman–Crippen LogP) is -11.2. The van der Waals surface area contributed by atoms with E-state index in [1.54, 1.807) is 0 Å². The zero-order valence-electron chi connectivity index (χ0n) is 5.96. The van der Waals surface area contributed by atoms with Gasteiger partial charge in [-0.05, 0) is 0 Å². The number of hydrogen-bond acceptors (Lipinski definition) is 8. The maximum atomic E-state index is 7.33. The molecule has 0 aromatic carbocycles. The molecule has 0 bridgehead atoms. The van der Waals surface area contributed by atoms with Crippen LogP contribution in [0.25, 0.3) is 0 Å². The summed E-state index contributed by atoms with van der Waals surface area (Å²) in [5.74, 6) is 0. The van der Waals surface area contributed by atoms with Crippen molar-refractivity contribution >= 4 is 18.1 Å². The van der Waals surface area contributed by atoms with E-state index >= 15 is 0 Å². The van der Waals surface area contributed by atoms with Crippen molar-refractivity contribution in [3.63, 3.8) is 0 Å². The molecule has 0 atom stereocenters. The van der Waals surface area contributed by atoms with Crippen molar-refractivity contribution in [1.82, 2.24) is 0 Å². The van der Waals surface area contributed by atoms with Gasteiger partial charge in [0.05, 0.1) is 0 Å². The van der Waals surface area contributed by atoms with Gasteiger partial charge in [0, 0.05) is 0 Å². The molecule has 0 unspecified atom stereocenters. The van der Waals surface area contributed by atoms with Crippen LogP contribution in [-0.2, 0) is 0 Å². The van der Waals surface area contributed by atoms with E-state index in [-0.39, 0.29) is 34.3 Å². The van der Waals surface area contributed by atoms with Gasteiger partial charge in [-0.1, -0.05) is 0 Å². The molecular weight excluding hydrogens is 226 g/mol. The average molecular weight is 234 g/mol. The second-order valence-corrected chi connectivity index (χ2v) is 3.60. The van der Waals surface area contributed by atoms with Crippen LogP contribution < -0.4 is 34.3 Å². The summed E-state index contributed by atoms with van der Waals surface area (Å²) in [6.07, 6.45) is 0. The van der Waals surface area contributed by atoms with Crippen LogP contribution >= 0.6 is 0 Å². The Morgan fingerprint density at radius 3 is 0.500 bits per heavy atom. The van der Waals surface area contributed by atoms with Crippen LogP contribution in [-0.4, -0.2) is 56.5 Å². The molecule has 0 aliphatic heterocycles. The van der Waals surface area contributed by atoms with E-state index in [1.807, 2.05) is 0 Å². The SMILES string of the molecule is O[Si](O)(O)O.O[Si](O)(O)O.[F-].[Na+]. The Morgan fingerprint density at radius 2 is 0.500 bits per heavy atom. The molecule has 0 spiro atoms. The van der Waals surface area contributed by atoms with E-state index < -0.39 is 18.1 Å². The topological polar surface area (TPSA) is 162 Å². The normalized spacial score (nSPS) is 10.0. The van der Waals surface area contributed by atoms with Crippen molar-refractivity contribution in [2.75, 3.05) is 0 Å². The molecule has 0 radical (unpaired) electrons. The summed E-state index contributed by atoms with van der Waals surface area (Å²) in [6, 6.07) is 0. The smallest absolute Gasteiger partial charge is 1.00 e. The average Bonchev–Trinajstić information content (AvgIpc) is 1.12. The molecular formula is H8FNaO8Si2. The van der Waals surface area contributed by atoms with Gasteiger partial charge >= 0.3 is 47.7 Å². The Bertz CT molecular complexity index is 60.0. The zero-order chi connectivity index (χ0) is 9.00. The van der Waals surface area contributed by atoms with Gasteiger partial charge in [0.2, 0.25) is 0 Å².